The Labute approximate surface area is 182 Å². The highest BCUT2D eigenvalue weighted by atomic mass is 79.9. The fourth-order valence-electron chi connectivity index (χ4n) is 3.81. The minimum atomic E-state index is -0.262. The van der Waals surface area contributed by atoms with Gasteiger partial charge in [0.25, 0.3) is 0 Å². The Morgan fingerprint density at radius 1 is 1.03 bits per heavy atom. The molecule has 0 atom stereocenters. The van der Waals surface area contributed by atoms with E-state index in [1.54, 1.807) is 12.1 Å². The summed E-state index contributed by atoms with van der Waals surface area (Å²) < 4.78 is 26.5. The molecule has 29 heavy (non-hydrogen) atoms. The maximum absolute atomic E-state index is 13.9. The summed E-state index contributed by atoms with van der Waals surface area (Å²) in [6.07, 6.45) is 9.22. The topological polar surface area (TPSA) is 30.5 Å². The summed E-state index contributed by atoms with van der Waals surface area (Å²) in [5.41, 5.74) is 1.68. The molecule has 1 fully saturated rings. The van der Waals surface area contributed by atoms with Gasteiger partial charge in [0, 0.05) is 18.2 Å². The number of halogens is 2. The molecular weight excluding hydrogens is 433 g/mol. The first-order valence-electron chi connectivity index (χ1n) is 10.7. The quantitative estimate of drug-likeness (QED) is 0.468. The highest BCUT2D eigenvalue weighted by Crippen LogP contribution is 2.37. The molecule has 0 unspecified atom stereocenters. The summed E-state index contributed by atoms with van der Waals surface area (Å²) in [6.45, 7) is 3.46. The monoisotopic (exact) mass is 463 g/mol. The lowest BCUT2D eigenvalue weighted by atomic mass is 9.96. The normalized spacial score (nSPS) is 15.6. The molecule has 3 nitrogen and oxygen atoms in total. The van der Waals surface area contributed by atoms with Gasteiger partial charge in [-0.15, -0.1) is 0 Å². The van der Waals surface area contributed by atoms with Gasteiger partial charge in [0.05, 0.1) is 11.1 Å². The van der Waals surface area contributed by atoms with Gasteiger partial charge in [0.1, 0.15) is 12.4 Å². The summed E-state index contributed by atoms with van der Waals surface area (Å²) in [4.78, 5) is 0. The summed E-state index contributed by atoms with van der Waals surface area (Å²) in [6, 6.07) is 11.3. The van der Waals surface area contributed by atoms with Gasteiger partial charge >= 0.3 is 0 Å². The van der Waals surface area contributed by atoms with Crippen LogP contribution in [0.1, 0.15) is 63.0 Å². The van der Waals surface area contributed by atoms with Crippen LogP contribution in [0.3, 0.4) is 0 Å². The molecule has 3 rings (SSSR count). The standard InChI is InChI=1S/C24H31BrFNO2/c1-2-28-23-15-18(16-27-20-11-6-4-3-5-7-12-20)14-21(25)24(23)29-17-19-10-8-9-13-22(19)26/h8-10,13-15,20,27H,2-7,11-12,16-17H2,1H3. The molecule has 1 N–H and O–H groups in total. The van der Waals surface area contributed by atoms with Crippen LogP contribution in [0.5, 0.6) is 11.5 Å². The van der Waals surface area contributed by atoms with Crippen LogP contribution in [0.4, 0.5) is 4.39 Å². The molecule has 0 radical (unpaired) electrons. The van der Waals surface area contributed by atoms with Crippen molar-refractivity contribution in [2.24, 2.45) is 0 Å². The number of ether oxygens (including phenoxy) is 2. The fraction of sp³-hybridized carbons (Fsp3) is 0.500. The highest BCUT2D eigenvalue weighted by molar-refractivity contribution is 9.10. The third-order valence-corrected chi connectivity index (χ3v) is 5.99. The average molecular weight is 464 g/mol. The van der Waals surface area contributed by atoms with Crippen molar-refractivity contribution in [3.63, 3.8) is 0 Å². The first-order valence-corrected chi connectivity index (χ1v) is 11.5. The first kappa shape index (κ1) is 22.1. The van der Waals surface area contributed by atoms with Crippen molar-refractivity contribution in [3.05, 3.63) is 57.8 Å². The van der Waals surface area contributed by atoms with Gasteiger partial charge in [0.2, 0.25) is 0 Å². The zero-order valence-corrected chi connectivity index (χ0v) is 18.8. The maximum Gasteiger partial charge on any atom is 0.175 e. The lowest BCUT2D eigenvalue weighted by Gasteiger charge is -2.22. The van der Waals surface area contributed by atoms with Gasteiger partial charge in [-0.3, -0.25) is 0 Å². The van der Waals surface area contributed by atoms with Crippen molar-refractivity contribution in [2.75, 3.05) is 6.61 Å². The Balaban J connectivity index is 1.67. The predicted molar refractivity (Wildman–Crippen MR) is 119 cm³/mol. The van der Waals surface area contributed by atoms with E-state index in [1.165, 1.54) is 51.0 Å². The third-order valence-electron chi connectivity index (χ3n) is 5.40. The third kappa shape index (κ3) is 6.71. The van der Waals surface area contributed by atoms with Crippen LogP contribution in [0, 0.1) is 5.82 Å². The van der Waals surface area contributed by atoms with Crippen LogP contribution in [-0.4, -0.2) is 12.6 Å². The molecule has 2 aromatic rings. The first-order chi connectivity index (χ1) is 14.2. The fourth-order valence-corrected chi connectivity index (χ4v) is 4.42. The van der Waals surface area contributed by atoms with Gasteiger partial charge in [-0.05, 0) is 59.5 Å². The van der Waals surface area contributed by atoms with E-state index in [1.807, 2.05) is 19.1 Å². The zero-order chi connectivity index (χ0) is 20.5. The van der Waals surface area contributed by atoms with Crippen LogP contribution in [0.25, 0.3) is 0 Å². The average Bonchev–Trinajstić information content (AvgIpc) is 2.68. The van der Waals surface area contributed by atoms with Crippen molar-refractivity contribution >= 4 is 15.9 Å². The Morgan fingerprint density at radius 3 is 2.48 bits per heavy atom. The van der Waals surface area contributed by atoms with Gasteiger partial charge < -0.3 is 14.8 Å². The number of nitrogens with one attached hydrogen (secondary N) is 1. The van der Waals surface area contributed by atoms with Gasteiger partial charge in [-0.2, -0.15) is 0 Å². The minimum absolute atomic E-state index is 0.158. The maximum atomic E-state index is 13.9. The number of benzene rings is 2. The van der Waals surface area contributed by atoms with E-state index in [9.17, 15) is 4.39 Å². The summed E-state index contributed by atoms with van der Waals surface area (Å²) in [5.74, 6) is 1.04. The molecule has 5 heteroatoms. The molecule has 0 aliphatic heterocycles. The van der Waals surface area contributed by atoms with Crippen molar-refractivity contribution in [2.45, 2.75) is 71.1 Å². The van der Waals surface area contributed by atoms with E-state index in [0.717, 1.165) is 16.6 Å². The summed E-state index contributed by atoms with van der Waals surface area (Å²) >= 11 is 3.62. The lowest BCUT2D eigenvalue weighted by Crippen LogP contribution is -2.29. The summed E-state index contributed by atoms with van der Waals surface area (Å²) in [7, 11) is 0. The molecule has 158 valence electrons. The van der Waals surface area contributed by atoms with Crippen molar-refractivity contribution in [1.82, 2.24) is 5.32 Å². The highest BCUT2D eigenvalue weighted by Gasteiger charge is 2.15. The molecule has 2 aromatic carbocycles. The van der Waals surface area contributed by atoms with E-state index in [2.05, 4.69) is 27.3 Å². The molecule has 0 spiro atoms. The second-order valence-corrected chi connectivity index (χ2v) is 8.50. The molecule has 1 aliphatic rings. The van der Waals surface area contributed by atoms with Gasteiger partial charge in [0.15, 0.2) is 11.5 Å². The molecule has 0 aromatic heterocycles. The van der Waals surface area contributed by atoms with E-state index < -0.39 is 0 Å². The molecule has 1 saturated carbocycles. The number of hydrogen-bond acceptors (Lipinski definition) is 3. The Kier molecular flexibility index (Phi) is 8.81. The van der Waals surface area contributed by atoms with E-state index >= 15 is 0 Å². The Bertz CT molecular complexity index is 775. The molecule has 0 saturated heterocycles. The van der Waals surface area contributed by atoms with Crippen molar-refractivity contribution in [3.8, 4) is 11.5 Å². The molecule has 0 amide bonds. The minimum Gasteiger partial charge on any atom is -0.490 e. The number of rotatable bonds is 8. The van der Waals surface area contributed by atoms with Crippen molar-refractivity contribution < 1.29 is 13.9 Å². The Hall–Kier alpha value is -1.59. The van der Waals surface area contributed by atoms with Gasteiger partial charge in [-0.25, -0.2) is 4.39 Å². The van der Waals surface area contributed by atoms with Crippen LogP contribution in [0.15, 0.2) is 40.9 Å². The van der Waals surface area contributed by atoms with Crippen LogP contribution in [-0.2, 0) is 13.2 Å². The number of hydrogen-bond donors (Lipinski definition) is 1. The van der Waals surface area contributed by atoms with E-state index in [-0.39, 0.29) is 12.4 Å². The predicted octanol–water partition coefficient (Wildman–Crippen LogP) is 6.77. The zero-order valence-electron chi connectivity index (χ0n) is 17.2. The second-order valence-electron chi connectivity index (χ2n) is 7.64. The summed E-state index contributed by atoms with van der Waals surface area (Å²) in [5, 5.41) is 3.72. The lowest BCUT2D eigenvalue weighted by molar-refractivity contribution is 0.264. The molecule has 1 aliphatic carbocycles. The molecule has 0 heterocycles. The molecular formula is C24H31BrFNO2. The van der Waals surface area contributed by atoms with Gasteiger partial charge in [-0.1, -0.05) is 50.3 Å². The SMILES string of the molecule is CCOc1cc(CNC2CCCCCCC2)cc(Br)c1OCc1ccccc1F. The van der Waals surface area contributed by atoms with Crippen LogP contribution in [0.2, 0.25) is 0 Å². The smallest absolute Gasteiger partial charge is 0.175 e. The largest absolute Gasteiger partial charge is 0.490 e. The Morgan fingerprint density at radius 2 is 1.76 bits per heavy atom. The van der Waals surface area contributed by atoms with Crippen LogP contribution >= 0.6 is 15.9 Å². The second kappa shape index (κ2) is 11.6. The van der Waals surface area contributed by atoms with Crippen molar-refractivity contribution in [1.29, 1.82) is 0 Å². The van der Waals surface area contributed by atoms with E-state index in [4.69, 9.17) is 9.47 Å². The molecule has 0 bridgehead atoms. The van der Waals surface area contributed by atoms with E-state index in [0.29, 0.717) is 29.7 Å². The van der Waals surface area contributed by atoms with Crippen LogP contribution < -0.4 is 14.8 Å².